The Kier molecular flexibility index (Phi) is 8.40. The molecule has 0 amide bonds. The van der Waals surface area contributed by atoms with Crippen LogP contribution in [0.4, 0.5) is 0 Å². The molecule has 80 valence electrons. The minimum Gasteiger partial charge on any atom is -0.396 e. The van der Waals surface area contributed by atoms with Crippen molar-refractivity contribution in [2.75, 3.05) is 20.3 Å². The van der Waals surface area contributed by atoms with Crippen molar-refractivity contribution in [3.63, 3.8) is 0 Å². The summed E-state index contributed by atoms with van der Waals surface area (Å²) in [6.07, 6.45) is 2.95. The third kappa shape index (κ3) is 6.02. The summed E-state index contributed by atoms with van der Waals surface area (Å²) >= 11 is 0. The monoisotopic (exact) mass is 189 g/mol. The standard InChI is InChI=1S/C10H23NO2/c1-4-9(6-7-12)11-10(5-2)8-13-3/h9-12H,4-8H2,1-3H3. The van der Waals surface area contributed by atoms with E-state index in [1.54, 1.807) is 7.11 Å². The average Bonchev–Trinajstić information content (AvgIpc) is 2.16. The highest BCUT2D eigenvalue weighted by atomic mass is 16.5. The molecule has 0 aromatic rings. The van der Waals surface area contributed by atoms with Crippen molar-refractivity contribution in [3.8, 4) is 0 Å². The summed E-state index contributed by atoms with van der Waals surface area (Å²) in [4.78, 5) is 0. The Hall–Kier alpha value is -0.120. The Morgan fingerprint density at radius 3 is 2.23 bits per heavy atom. The smallest absolute Gasteiger partial charge is 0.0615 e. The van der Waals surface area contributed by atoms with Gasteiger partial charge >= 0.3 is 0 Å². The lowest BCUT2D eigenvalue weighted by Crippen LogP contribution is -2.40. The van der Waals surface area contributed by atoms with Gasteiger partial charge in [-0.2, -0.15) is 0 Å². The molecule has 0 heterocycles. The maximum absolute atomic E-state index is 8.81. The van der Waals surface area contributed by atoms with Crippen LogP contribution in [0.5, 0.6) is 0 Å². The van der Waals surface area contributed by atoms with Crippen LogP contribution in [0.3, 0.4) is 0 Å². The summed E-state index contributed by atoms with van der Waals surface area (Å²) in [5.41, 5.74) is 0. The minimum absolute atomic E-state index is 0.259. The van der Waals surface area contributed by atoms with Gasteiger partial charge in [-0.05, 0) is 19.3 Å². The van der Waals surface area contributed by atoms with E-state index in [-0.39, 0.29) is 6.61 Å². The first-order valence-corrected chi connectivity index (χ1v) is 5.14. The number of methoxy groups -OCH3 is 1. The van der Waals surface area contributed by atoms with Crippen LogP contribution in [-0.4, -0.2) is 37.5 Å². The quantitative estimate of drug-likeness (QED) is 0.602. The van der Waals surface area contributed by atoms with E-state index in [9.17, 15) is 0 Å². The minimum atomic E-state index is 0.259. The predicted molar refractivity (Wildman–Crippen MR) is 54.9 cm³/mol. The van der Waals surface area contributed by atoms with E-state index >= 15 is 0 Å². The van der Waals surface area contributed by atoms with Crippen molar-refractivity contribution in [1.82, 2.24) is 5.32 Å². The molecular formula is C10H23NO2. The van der Waals surface area contributed by atoms with Gasteiger partial charge in [0.25, 0.3) is 0 Å². The van der Waals surface area contributed by atoms with Gasteiger partial charge in [-0.15, -0.1) is 0 Å². The van der Waals surface area contributed by atoms with Gasteiger partial charge in [0.1, 0.15) is 0 Å². The van der Waals surface area contributed by atoms with Gasteiger partial charge in [-0.3, -0.25) is 0 Å². The molecule has 0 spiro atoms. The SMILES string of the molecule is CCC(CCO)NC(CC)COC. The number of aliphatic hydroxyl groups is 1. The van der Waals surface area contributed by atoms with Crippen LogP contribution in [0.1, 0.15) is 33.1 Å². The van der Waals surface area contributed by atoms with Crippen LogP contribution in [0.15, 0.2) is 0 Å². The zero-order valence-electron chi connectivity index (χ0n) is 9.05. The van der Waals surface area contributed by atoms with Crippen molar-refractivity contribution in [3.05, 3.63) is 0 Å². The van der Waals surface area contributed by atoms with Gasteiger partial charge in [0, 0.05) is 25.8 Å². The van der Waals surface area contributed by atoms with E-state index in [2.05, 4.69) is 19.2 Å². The Balaban J connectivity index is 3.73. The normalized spacial score (nSPS) is 15.7. The molecule has 0 saturated carbocycles. The second-order valence-corrected chi connectivity index (χ2v) is 3.34. The Morgan fingerprint density at radius 1 is 1.23 bits per heavy atom. The van der Waals surface area contributed by atoms with E-state index in [1.807, 2.05) is 0 Å². The van der Waals surface area contributed by atoms with E-state index in [0.717, 1.165) is 25.9 Å². The fraction of sp³-hybridized carbons (Fsp3) is 1.00. The largest absolute Gasteiger partial charge is 0.396 e. The molecule has 0 rings (SSSR count). The first-order valence-electron chi connectivity index (χ1n) is 5.14. The fourth-order valence-electron chi connectivity index (χ4n) is 1.38. The zero-order chi connectivity index (χ0) is 10.1. The van der Waals surface area contributed by atoms with Crippen molar-refractivity contribution in [2.24, 2.45) is 0 Å². The molecule has 0 aliphatic heterocycles. The molecule has 0 aromatic carbocycles. The van der Waals surface area contributed by atoms with Gasteiger partial charge in [0.15, 0.2) is 0 Å². The van der Waals surface area contributed by atoms with Gasteiger partial charge in [-0.25, -0.2) is 0 Å². The molecule has 0 radical (unpaired) electrons. The zero-order valence-corrected chi connectivity index (χ0v) is 9.05. The molecule has 2 atom stereocenters. The number of aliphatic hydroxyl groups excluding tert-OH is 1. The van der Waals surface area contributed by atoms with Gasteiger partial charge in [0.05, 0.1) is 6.61 Å². The summed E-state index contributed by atoms with van der Waals surface area (Å²) in [6.45, 7) is 5.28. The highest BCUT2D eigenvalue weighted by Gasteiger charge is 2.11. The third-order valence-electron chi connectivity index (χ3n) is 2.30. The van der Waals surface area contributed by atoms with Gasteiger partial charge < -0.3 is 15.2 Å². The van der Waals surface area contributed by atoms with Crippen molar-refractivity contribution >= 4 is 0 Å². The third-order valence-corrected chi connectivity index (χ3v) is 2.30. The highest BCUT2D eigenvalue weighted by Crippen LogP contribution is 2.01. The van der Waals surface area contributed by atoms with Crippen molar-refractivity contribution in [2.45, 2.75) is 45.2 Å². The van der Waals surface area contributed by atoms with Crippen LogP contribution in [0.2, 0.25) is 0 Å². The van der Waals surface area contributed by atoms with E-state index in [1.165, 1.54) is 0 Å². The summed E-state index contributed by atoms with van der Waals surface area (Å²) in [7, 11) is 1.72. The molecule has 13 heavy (non-hydrogen) atoms. The lowest BCUT2D eigenvalue weighted by atomic mass is 10.1. The van der Waals surface area contributed by atoms with E-state index in [0.29, 0.717) is 12.1 Å². The van der Waals surface area contributed by atoms with Crippen molar-refractivity contribution < 1.29 is 9.84 Å². The van der Waals surface area contributed by atoms with Crippen LogP contribution in [0.25, 0.3) is 0 Å². The Morgan fingerprint density at radius 2 is 1.85 bits per heavy atom. The van der Waals surface area contributed by atoms with Crippen molar-refractivity contribution in [1.29, 1.82) is 0 Å². The van der Waals surface area contributed by atoms with Crippen LogP contribution in [-0.2, 0) is 4.74 Å². The summed E-state index contributed by atoms with van der Waals surface area (Å²) in [5.74, 6) is 0. The number of hydrogen-bond acceptors (Lipinski definition) is 3. The fourth-order valence-corrected chi connectivity index (χ4v) is 1.38. The molecule has 2 N–H and O–H groups in total. The van der Waals surface area contributed by atoms with E-state index < -0.39 is 0 Å². The maximum atomic E-state index is 8.81. The second-order valence-electron chi connectivity index (χ2n) is 3.34. The van der Waals surface area contributed by atoms with Gasteiger partial charge in [0.2, 0.25) is 0 Å². The highest BCUT2D eigenvalue weighted by molar-refractivity contribution is 4.71. The molecular weight excluding hydrogens is 166 g/mol. The lowest BCUT2D eigenvalue weighted by molar-refractivity contribution is 0.153. The predicted octanol–water partition coefficient (Wildman–Crippen LogP) is 1.16. The second kappa shape index (κ2) is 8.48. The molecule has 0 aliphatic rings. The number of rotatable bonds is 8. The summed E-state index contributed by atoms with van der Waals surface area (Å²) in [6, 6.07) is 0.839. The molecule has 2 unspecified atom stereocenters. The molecule has 3 nitrogen and oxygen atoms in total. The topological polar surface area (TPSA) is 41.5 Å². The van der Waals surface area contributed by atoms with E-state index in [4.69, 9.17) is 9.84 Å². The Labute approximate surface area is 81.5 Å². The molecule has 0 bridgehead atoms. The average molecular weight is 189 g/mol. The summed E-state index contributed by atoms with van der Waals surface area (Å²) in [5, 5.41) is 12.3. The Bertz CT molecular complexity index is 97.1. The lowest BCUT2D eigenvalue weighted by Gasteiger charge is -2.23. The van der Waals surface area contributed by atoms with Crippen LogP contribution in [0, 0.1) is 0 Å². The van der Waals surface area contributed by atoms with Crippen LogP contribution < -0.4 is 5.32 Å². The molecule has 0 aliphatic carbocycles. The molecule has 0 fully saturated rings. The van der Waals surface area contributed by atoms with Crippen LogP contribution >= 0.6 is 0 Å². The number of nitrogens with one attached hydrogen (secondary N) is 1. The first kappa shape index (κ1) is 12.9. The maximum Gasteiger partial charge on any atom is 0.0615 e. The first-order chi connectivity index (χ1) is 6.28. The molecule has 0 aromatic heterocycles. The molecule has 3 heteroatoms. The summed E-state index contributed by atoms with van der Waals surface area (Å²) < 4.78 is 5.09. The molecule has 0 saturated heterocycles. The van der Waals surface area contributed by atoms with Gasteiger partial charge in [-0.1, -0.05) is 13.8 Å². The number of hydrogen-bond donors (Lipinski definition) is 2. The number of ether oxygens (including phenoxy) is 1.